The van der Waals surface area contributed by atoms with Crippen LogP contribution in [0.1, 0.15) is 25.3 Å². The number of carbonyl (C=O) groups is 1. The van der Waals surface area contributed by atoms with Gasteiger partial charge in [-0.15, -0.1) is 0 Å². The maximum absolute atomic E-state index is 13.3. The molecular formula is C13H18FNO3. The highest BCUT2D eigenvalue weighted by atomic mass is 19.1. The Balaban J connectivity index is 2.84. The number of carboxylic acids is 1. The maximum atomic E-state index is 13.3. The first-order chi connectivity index (χ1) is 8.56. The van der Waals surface area contributed by atoms with Crippen molar-refractivity contribution in [2.45, 2.75) is 32.3 Å². The Morgan fingerprint density at radius 1 is 1.50 bits per heavy atom. The summed E-state index contributed by atoms with van der Waals surface area (Å²) < 4.78 is 18.6. The van der Waals surface area contributed by atoms with E-state index in [4.69, 9.17) is 15.6 Å². The third-order valence-electron chi connectivity index (χ3n) is 2.47. The third kappa shape index (κ3) is 4.33. The van der Waals surface area contributed by atoms with E-state index in [1.165, 1.54) is 12.1 Å². The summed E-state index contributed by atoms with van der Waals surface area (Å²) in [5.74, 6) is -1.25. The third-order valence-corrected chi connectivity index (χ3v) is 2.47. The summed E-state index contributed by atoms with van der Waals surface area (Å²) in [7, 11) is 0. The van der Waals surface area contributed by atoms with Crippen LogP contribution >= 0.6 is 0 Å². The monoisotopic (exact) mass is 255 g/mol. The summed E-state index contributed by atoms with van der Waals surface area (Å²) in [5.41, 5.74) is 6.10. The minimum atomic E-state index is -1.04. The fraction of sp³-hybridized carbons (Fsp3) is 0.462. The molecule has 0 fully saturated rings. The van der Waals surface area contributed by atoms with E-state index < -0.39 is 17.9 Å². The van der Waals surface area contributed by atoms with Crippen molar-refractivity contribution in [1.82, 2.24) is 0 Å². The molecular weight excluding hydrogens is 237 g/mol. The predicted molar refractivity (Wildman–Crippen MR) is 66.1 cm³/mol. The summed E-state index contributed by atoms with van der Waals surface area (Å²) in [4.78, 5) is 11.0. The number of hydrogen-bond donors (Lipinski definition) is 2. The molecule has 3 N–H and O–H groups in total. The van der Waals surface area contributed by atoms with Crippen molar-refractivity contribution in [3.63, 3.8) is 0 Å². The number of rotatable bonds is 7. The zero-order valence-corrected chi connectivity index (χ0v) is 10.4. The molecule has 0 spiro atoms. The van der Waals surface area contributed by atoms with E-state index >= 15 is 0 Å². The molecule has 0 aliphatic carbocycles. The van der Waals surface area contributed by atoms with E-state index in [0.29, 0.717) is 31.4 Å². The number of aliphatic carboxylic acids is 1. The van der Waals surface area contributed by atoms with Gasteiger partial charge >= 0.3 is 5.97 Å². The number of hydrogen-bond acceptors (Lipinski definition) is 3. The van der Waals surface area contributed by atoms with Crippen LogP contribution in [0.4, 0.5) is 4.39 Å². The van der Waals surface area contributed by atoms with Gasteiger partial charge in [0.15, 0.2) is 6.10 Å². The fourth-order valence-corrected chi connectivity index (χ4v) is 1.66. The highest BCUT2D eigenvalue weighted by molar-refractivity contribution is 5.72. The minimum absolute atomic E-state index is 0.235. The van der Waals surface area contributed by atoms with Crippen LogP contribution in [0.5, 0.6) is 5.75 Å². The van der Waals surface area contributed by atoms with Crippen LogP contribution in [0, 0.1) is 5.82 Å². The van der Waals surface area contributed by atoms with Gasteiger partial charge in [-0.05, 0) is 37.1 Å². The van der Waals surface area contributed by atoms with Crippen LogP contribution in [-0.4, -0.2) is 23.7 Å². The molecule has 1 atom stereocenters. The Morgan fingerprint density at radius 3 is 2.78 bits per heavy atom. The molecule has 1 rings (SSSR count). The van der Waals surface area contributed by atoms with E-state index in [1.54, 1.807) is 6.07 Å². The number of ether oxygens (including phenoxy) is 1. The molecule has 100 valence electrons. The van der Waals surface area contributed by atoms with Gasteiger partial charge in [0.1, 0.15) is 11.6 Å². The number of benzene rings is 1. The van der Waals surface area contributed by atoms with E-state index in [0.717, 1.165) is 0 Å². The molecule has 5 heteroatoms. The van der Waals surface area contributed by atoms with Gasteiger partial charge in [-0.1, -0.05) is 13.3 Å². The SMILES string of the molecule is CCCC(Oc1cc(F)cc(CCN)c1)C(=O)O. The van der Waals surface area contributed by atoms with Crippen molar-refractivity contribution in [3.8, 4) is 5.75 Å². The molecule has 0 saturated carbocycles. The Bertz CT molecular complexity index is 409. The minimum Gasteiger partial charge on any atom is -0.479 e. The van der Waals surface area contributed by atoms with Gasteiger partial charge < -0.3 is 15.6 Å². The molecule has 1 unspecified atom stereocenters. The lowest BCUT2D eigenvalue weighted by molar-refractivity contribution is -0.145. The number of carboxylic acid groups (broad SMARTS) is 1. The number of halogens is 1. The predicted octanol–water partition coefficient (Wildman–Crippen LogP) is 1.96. The van der Waals surface area contributed by atoms with Gasteiger partial charge in [-0.3, -0.25) is 0 Å². The van der Waals surface area contributed by atoms with Crippen molar-refractivity contribution in [2.75, 3.05) is 6.54 Å². The second-order valence-electron chi connectivity index (χ2n) is 4.07. The van der Waals surface area contributed by atoms with Crippen LogP contribution in [-0.2, 0) is 11.2 Å². The van der Waals surface area contributed by atoms with E-state index in [2.05, 4.69) is 0 Å². The summed E-state index contributed by atoms with van der Waals surface area (Å²) in [6.07, 6.45) is 0.655. The standard InChI is InChI=1S/C13H18FNO3/c1-2-3-12(13(16)17)18-11-7-9(4-5-15)6-10(14)8-11/h6-8,12H,2-5,15H2,1H3,(H,16,17). The molecule has 1 aromatic rings. The van der Waals surface area contributed by atoms with Crippen molar-refractivity contribution in [3.05, 3.63) is 29.6 Å². The smallest absolute Gasteiger partial charge is 0.344 e. The van der Waals surface area contributed by atoms with Crippen molar-refractivity contribution < 1.29 is 19.0 Å². The molecule has 0 aliphatic heterocycles. The van der Waals surface area contributed by atoms with Gasteiger partial charge in [0.05, 0.1) is 0 Å². The average molecular weight is 255 g/mol. The van der Waals surface area contributed by atoms with Crippen LogP contribution in [0.2, 0.25) is 0 Å². The van der Waals surface area contributed by atoms with Gasteiger partial charge in [-0.25, -0.2) is 9.18 Å². The summed E-state index contributed by atoms with van der Waals surface area (Å²) in [6.45, 7) is 2.27. The van der Waals surface area contributed by atoms with E-state index in [-0.39, 0.29) is 5.75 Å². The van der Waals surface area contributed by atoms with Crippen molar-refractivity contribution >= 4 is 5.97 Å². The van der Waals surface area contributed by atoms with Gasteiger partial charge in [0, 0.05) is 6.07 Å². The first-order valence-corrected chi connectivity index (χ1v) is 5.95. The molecule has 0 heterocycles. The van der Waals surface area contributed by atoms with Crippen molar-refractivity contribution in [2.24, 2.45) is 5.73 Å². The topological polar surface area (TPSA) is 72.5 Å². The molecule has 0 radical (unpaired) electrons. The van der Waals surface area contributed by atoms with Crippen LogP contribution in [0.3, 0.4) is 0 Å². The first-order valence-electron chi connectivity index (χ1n) is 5.95. The lowest BCUT2D eigenvalue weighted by Gasteiger charge is -2.15. The molecule has 0 aliphatic rings. The lowest BCUT2D eigenvalue weighted by Crippen LogP contribution is -2.26. The van der Waals surface area contributed by atoms with Crippen LogP contribution in [0.15, 0.2) is 18.2 Å². The fourth-order valence-electron chi connectivity index (χ4n) is 1.66. The van der Waals surface area contributed by atoms with E-state index in [9.17, 15) is 9.18 Å². The lowest BCUT2D eigenvalue weighted by atomic mass is 10.1. The summed E-state index contributed by atoms with van der Waals surface area (Å²) >= 11 is 0. The quantitative estimate of drug-likeness (QED) is 0.781. The Morgan fingerprint density at radius 2 is 2.22 bits per heavy atom. The Labute approximate surface area is 106 Å². The van der Waals surface area contributed by atoms with Gasteiger partial charge in [-0.2, -0.15) is 0 Å². The van der Waals surface area contributed by atoms with Gasteiger partial charge in [0.25, 0.3) is 0 Å². The largest absolute Gasteiger partial charge is 0.479 e. The Hall–Kier alpha value is -1.62. The van der Waals surface area contributed by atoms with Crippen LogP contribution in [0.25, 0.3) is 0 Å². The van der Waals surface area contributed by atoms with Gasteiger partial charge in [0.2, 0.25) is 0 Å². The zero-order valence-electron chi connectivity index (χ0n) is 10.4. The number of nitrogens with two attached hydrogens (primary N) is 1. The molecule has 0 aromatic heterocycles. The molecule has 0 amide bonds. The van der Waals surface area contributed by atoms with Crippen molar-refractivity contribution in [1.29, 1.82) is 0 Å². The molecule has 1 aromatic carbocycles. The molecule has 4 nitrogen and oxygen atoms in total. The zero-order chi connectivity index (χ0) is 13.5. The Kier molecular flexibility index (Phi) is 5.58. The van der Waals surface area contributed by atoms with E-state index in [1.807, 2.05) is 6.92 Å². The summed E-state index contributed by atoms with van der Waals surface area (Å²) in [6, 6.07) is 4.18. The molecule has 0 saturated heterocycles. The maximum Gasteiger partial charge on any atom is 0.344 e. The highest BCUT2D eigenvalue weighted by Crippen LogP contribution is 2.19. The summed E-state index contributed by atoms with van der Waals surface area (Å²) in [5, 5.41) is 8.97. The normalized spacial score (nSPS) is 12.2. The molecule has 18 heavy (non-hydrogen) atoms. The second kappa shape index (κ2) is 6.96. The first kappa shape index (κ1) is 14.4. The average Bonchev–Trinajstić information content (AvgIpc) is 2.28. The molecule has 0 bridgehead atoms. The van der Waals surface area contributed by atoms with Crippen LogP contribution < -0.4 is 10.5 Å². The second-order valence-corrected chi connectivity index (χ2v) is 4.07. The highest BCUT2D eigenvalue weighted by Gasteiger charge is 2.18.